The van der Waals surface area contributed by atoms with Crippen LogP contribution in [0.15, 0.2) is 0 Å². The SMILES string of the molecule is O=C(O)c1c(F)c(C(F)(F)F)c(F)c(C(F)(F)F)c1C(=O)O. The molecule has 4 nitrogen and oxygen atoms in total. The van der Waals surface area contributed by atoms with Gasteiger partial charge < -0.3 is 10.2 Å². The van der Waals surface area contributed by atoms with Crippen molar-refractivity contribution >= 4 is 11.9 Å². The molecule has 12 heteroatoms. The summed E-state index contributed by atoms with van der Waals surface area (Å²) in [6.07, 6.45) is -12.0. The topological polar surface area (TPSA) is 74.6 Å². The van der Waals surface area contributed by atoms with Crippen LogP contribution in [-0.4, -0.2) is 22.2 Å². The molecule has 1 aromatic carbocycles. The summed E-state index contributed by atoms with van der Waals surface area (Å²) in [4.78, 5) is 21.3. The standard InChI is InChI=1S/C10H2F8O4/c11-5-2(8(21)22)1(7(19)20)3(9(13,14)15)6(12)4(5)10(16,17)18/h(H,19,20)(H,21,22). The van der Waals surface area contributed by atoms with Gasteiger partial charge in [0.2, 0.25) is 0 Å². The van der Waals surface area contributed by atoms with Crippen LogP contribution in [0, 0.1) is 11.6 Å². The van der Waals surface area contributed by atoms with E-state index in [1.807, 2.05) is 0 Å². The van der Waals surface area contributed by atoms with Crippen LogP contribution in [0.2, 0.25) is 0 Å². The highest BCUT2D eigenvalue weighted by molar-refractivity contribution is 6.03. The summed E-state index contributed by atoms with van der Waals surface area (Å²) in [7, 11) is 0. The first-order chi connectivity index (χ1) is 9.71. The van der Waals surface area contributed by atoms with Gasteiger partial charge in [-0.25, -0.2) is 18.4 Å². The number of alkyl halides is 6. The lowest BCUT2D eigenvalue weighted by atomic mass is 9.94. The molecular formula is C10H2F8O4. The second kappa shape index (κ2) is 5.10. The molecule has 0 aliphatic rings. The van der Waals surface area contributed by atoms with Crippen molar-refractivity contribution in [1.82, 2.24) is 0 Å². The summed E-state index contributed by atoms with van der Waals surface area (Å²) in [6, 6.07) is 0. The number of carbonyl (C=O) groups is 2. The maximum atomic E-state index is 13.5. The first-order valence-corrected chi connectivity index (χ1v) is 4.87. The predicted octanol–water partition coefficient (Wildman–Crippen LogP) is 3.40. The van der Waals surface area contributed by atoms with Gasteiger partial charge in [0.25, 0.3) is 0 Å². The Hall–Kier alpha value is -2.40. The zero-order valence-corrected chi connectivity index (χ0v) is 9.73. The first kappa shape index (κ1) is 17.7. The molecule has 0 amide bonds. The summed E-state index contributed by atoms with van der Waals surface area (Å²) in [5.74, 6) is -11.7. The lowest BCUT2D eigenvalue weighted by molar-refractivity contribution is -0.149. The summed E-state index contributed by atoms with van der Waals surface area (Å²) in [5, 5.41) is 17.0. The maximum Gasteiger partial charge on any atom is 0.422 e. The third-order valence-electron chi connectivity index (χ3n) is 2.37. The highest BCUT2D eigenvalue weighted by atomic mass is 19.4. The van der Waals surface area contributed by atoms with E-state index in [1.165, 1.54) is 0 Å². The third-order valence-corrected chi connectivity index (χ3v) is 2.37. The Morgan fingerprint density at radius 1 is 0.682 bits per heavy atom. The van der Waals surface area contributed by atoms with Crippen molar-refractivity contribution < 1.29 is 54.9 Å². The van der Waals surface area contributed by atoms with Crippen LogP contribution < -0.4 is 0 Å². The molecule has 1 aromatic rings. The average Bonchev–Trinajstić information content (AvgIpc) is 2.22. The average molecular weight is 338 g/mol. The molecule has 1 rings (SSSR count). The Labute approximate surface area is 114 Å². The largest absolute Gasteiger partial charge is 0.478 e. The normalized spacial score (nSPS) is 12.4. The fraction of sp³-hybridized carbons (Fsp3) is 0.200. The van der Waals surface area contributed by atoms with Gasteiger partial charge in [0.15, 0.2) is 11.6 Å². The molecule has 2 N–H and O–H groups in total. The molecule has 0 heterocycles. The Morgan fingerprint density at radius 2 is 1.05 bits per heavy atom. The summed E-state index contributed by atoms with van der Waals surface area (Å²) >= 11 is 0. The number of rotatable bonds is 2. The van der Waals surface area contributed by atoms with Crippen molar-refractivity contribution in [2.75, 3.05) is 0 Å². The van der Waals surface area contributed by atoms with Crippen LogP contribution in [0.3, 0.4) is 0 Å². The van der Waals surface area contributed by atoms with Gasteiger partial charge >= 0.3 is 24.3 Å². The third kappa shape index (κ3) is 2.80. The lowest BCUT2D eigenvalue weighted by Gasteiger charge is -2.18. The molecule has 0 aromatic heterocycles. The van der Waals surface area contributed by atoms with Gasteiger partial charge in [-0.05, 0) is 0 Å². The molecule has 0 unspecified atom stereocenters. The lowest BCUT2D eigenvalue weighted by Crippen LogP contribution is -2.26. The molecule has 0 atom stereocenters. The van der Waals surface area contributed by atoms with Crippen molar-refractivity contribution in [3.63, 3.8) is 0 Å². The highest BCUT2D eigenvalue weighted by Crippen LogP contribution is 2.43. The number of carboxylic acid groups (broad SMARTS) is 2. The van der Waals surface area contributed by atoms with Crippen molar-refractivity contribution in [3.05, 3.63) is 33.9 Å². The van der Waals surface area contributed by atoms with E-state index in [-0.39, 0.29) is 0 Å². The minimum atomic E-state index is -6.02. The zero-order valence-electron chi connectivity index (χ0n) is 9.73. The molecule has 0 aliphatic heterocycles. The molecule has 0 spiro atoms. The van der Waals surface area contributed by atoms with Crippen molar-refractivity contribution in [2.45, 2.75) is 12.4 Å². The Kier molecular flexibility index (Phi) is 4.09. The molecule has 0 aliphatic carbocycles. The van der Waals surface area contributed by atoms with Crippen LogP contribution in [0.4, 0.5) is 35.1 Å². The fourth-order valence-electron chi connectivity index (χ4n) is 1.62. The van der Waals surface area contributed by atoms with Gasteiger partial charge in [0.05, 0.1) is 5.56 Å². The van der Waals surface area contributed by atoms with Crippen LogP contribution in [-0.2, 0) is 12.4 Å². The second-order valence-corrected chi connectivity index (χ2v) is 3.73. The van der Waals surface area contributed by atoms with Crippen molar-refractivity contribution in [1.29, 1.82) is 0 Å². The van der Waals surface area contributed by atoms with Gasteiger partial charge in [-0.1, -0.05) is 0 Å². The van der Waals surface area contributed by atoms with Crippen LogP contribution >= 0.6 is 0 Å². The van der Waals surface area contributed by atoms with E-state index in [0.29, 0.717) is 0 Å². The van der Waals surface area contributed by atoms with E-state index < -0.39 is 58.2 Å². The van der Waals surface area contributed by atoms with E-state index in [4.69, 9.17) is 10.2 Å². The van der Waals surface area contributed by atoms with Crippen molar-refractivity contribution in [2.24, 2.45) is 0 Å². The van der Waals surface area contributed by atoms with E-state index in [2.05, 4.69) is 0 Å². The van der Waals surface area contributed by atoms with Gasteiger partial charge in [0.1, 0.15) is 16.7 Å². The predicted molar refractivity (Wildman–Crippen MR) is 50.3 cm³/mol. The van der Waals surface area contributed by atoms with E-state index in [0.717, 1.165) is 0 Å². The smallest absolute Gasteiger partial charge is 0.422 e. The van der Waals surface area contributed by atoms with Crippen LogP contribution in [0.5, 0.6) is 0 Å². The number of carboxylic acids is 2. The molecular weight excluding hydrogens is 336 g/mol. The molecule has 0 bridgehead atoms. The molecule has 0 saturated carbocycles. The summed E-state index contributed by atoms with van der Waals surface area (Å²) < 4.78 is 102. The van der Waals surface area contributed by atoms with E-state index in [9.17, 15) is 44.7 Å². The molecule has 22 heavy (non-hydrogen) atoms. The number of aromatic carboxylic acids is 2. The fourth-order valence-corrected chi connectivity index (χ4v) is 1.62. The minimum Gasteiger partial charge on any atom is -0.478 e. The Morgan fingerprint density at radius 3 is 1.32 bits per heavy atom. The van der Waals surface area contributed by atoms with Gasteiger partial charge in [-0.15, -0.1) is 0 Å². The minimum absolute atomic E-state index is 2.44. The van der Waals surface area contributed by atoms with Crippen molar-refractivity contribution in [3.8, 4) is 0 Å². The maximum absolute atomic E-state index is 13.5. The number of hydrogen-bond acceptors (Lipinski definition) is 2. The van der Waals surface area contributed by atoms with E-state index in [1.54, 1.807) is 0 Å². The van der Waals surface area contributed by atoms with Gasteiger partial charge in [-0.3, -0.25) is 0 Å². The number of halogens is 8. The molecule has 0 fully saturated rings. The quantitative estimate of drug-likeness (QED) is 0.811. The molecule has 0 saturated heterocycles. The monoisotopic (exact) mass is 338 g/mol. The first-order valence-electron chi connectivity index (χ1n) is 4.87. The summed E-state index contributed by atoms with van der Waals surface area (Å²) in [5.41, 5.74) is -11.1. The Balaban J connectivity index is 4.20. The highest BCUT2D eigenvalue weighted by Gasteiger charge is 2.49. The van der Waals surface area contributed by atoms with Crippen LogP contribution in [0.25, 0.3) is 0 Å². The summed E-state index contributed by atoms with van der Waals surface area (Å²) in [6.45, 7) is 0. The van der Waals surface area contributed by atoms with Gasteiger partial charge in [-0.2, -0.15) is 26.3 Å². The van der Waals surface area contributed by atoms with Gasteiger partial charge in [0, 0.05) is 0 Å². The number of benzene rings is 1. The molecule has 122 valence electrons. The second-order valence-electron chi connectivity index (χ2n) is 3.73. The Bertz CT molecular complexity index is 659. The van der Waals surface area contributed by atoms with E-state index >= 15 is 0 Å². The number of hydrogen-bond donors (Lipinski definition) is 2. The molecule has 0 radical (unpaired) electrons. The zero-order chi connectivity index (χ0) is 17.6. The van der Waals surface area contributed by atoms with Crippen LogP contribution in [0.1, 0.15) is 31.8 Å².